The lowest BCUT2D eigenvalue weighted by atomic mass is 10.1. The van der Waals surface area contributed by atoms with E-state index in [1.54, 1.807) is 60.7 Å². The molecule has 1 atom stereocenters. The lowest BCUT2D eigenvalue weighted by molar-refractivity contribution is 0.0757. The minimum absolute atomic E-state index is 0.0678. The average molecular weight is 495 g/mol. The van der Waals surface area contributed by atoms with E-state index in [1.165, 1.54) is 11.0 Å². The van der Waals surface area contributed by atoms with Crippen LogP contribution in [0.3, 0.4) is 0 Å². The maximum Gasteiger partial charge on any atom is 0.259 e. The monoisotopic (exact) mass is 494 g/mol. The maximum atomic E-state index is 14.5. The molecule has 1 N–H and O–H groups in total. The van der Waals surface area contributed by atoms with Gasteiger partial charge in [0.1, 0.15) is 5.82 Å². The molecule has 0 fully saturated rings. The fourth-order valence-electron chi connectivity index (χ4n) is 3.85. The number of nitrogens with one attached hydrogen (secondary N) is 1. The van der Waals surface area contributed by atoms with Crippen molar-refractivity contribution >= 4 is 28.3 Å². The molecule has 0 spiro atoms. The van der Waals surface area contributed by atoms with Gasteiger partial charge in [0.25, 0.3) is 11.8 Å². The van der Waals surface area contributed by atoms with Crippen LogP contribution >= 0.6 is 0 Å². The fourth-order valence-corrected chi connectivity index (χ4v) is 5.20. The molecule has 1 heterocycles. The van der Waals surface area contributed by atoms with Gasteiger partial charge in [0.2, 0.25) is 0 Å². The van der Waals surface area contributed by atoms with E-state index in [2.05, 4.69) is 5.32 Å². The number of fused-ring (bicyclic) bond motifs is 2. The van der Waals surface area contributed by atoms with E-state index in [0.717, 1.165) is 0 Å². The van der Waals surface area contributed by atoms with E-state index in [4.69, 9.17) is 4.74 Å². The molecule has 2 amide bonds. The summed E-state index contributed by atoms with van der Waals surface area (Å²) in [4.78, 5) is 28.6. The third kappa shape index (κ3) is 5.49. The quantitative estimate of drug-likeness (QED) is 0.461. The maximum absolute atomic E-state index is 14.5. The van der Waals surface area contributed by atoms with Gasteiger partial charge in [-0.25, -0.2) is 8.60 Å². The van der Waals surface area contributed by atoms with Crippen molar-refractivity contribution in [1.82, 2.24) is 5.32 Å². The third-order valence-corrected chi connectivity index (χ3v) is 7.12. The highest BCUT2D eigenvalue weighted by molar-refractivity contribution is 7.85. The molecule has 6 nitrogen and oxygen atoms in total. The first-order chi connectivity index (χ1) is 16.9. The van der Waals surface area contributed by atoms with Crippen molar-refractivity contribution in [2.45, 2.75) is 42.7 Å². The van der Waals surface area contributed by atoms with Crippen LogP contribution in [0.4, 0.5) is 10.1 Å². The molecule has 8 heteroatoms. The summed E-state index contributed by atoms with van der Waals surface area (Å²) in [7, 11) is -1.65. The van der Waals surface area contributed by atoms with Gasteiger partial charge in [0.05, 0.1) is 44.5 Å². The summed E-state index contributed by atoms with van der Waals surface area (Å²) in [5.74, 6) is -1.17. The number of halogens is 1. The van der Waals surface area contributed by atoms with Gasteiger partial charge in [-0.15, -0.1) is 0 Å². The summed E-state index contributed by atoms with van der Waals surface area (Å²) < 4.78 is 33.5. The summed E-state index contributed by atoms with van der Waals surface area (Å²) in [5.41, 5.74) is 1.25. The molecule has 1 aliphatic heterocycles. The standard InChI is InChI=1S/C27H27FN2O4S/c1-18(2)34-15-7-14-29-26(31)19-12-13-25-23(16-19)30(17-20-8-3-5-10-22(20)28)27(32)21-9-4-6-11-24(21)35(25)33/h3-6,8-13,16,18H,7,14-15,17H2,1-2H3,(H,29,31). The highest BCUT2D eigenvalue weighted by Crippen LogP contribution is 2.36. The average Bonchev–Trinajstić information content (AvgIpc) is 2.94. The SMILES string of the molecule is CC(C)OCCCNC(=O)c1ccc2c(c1)N(Cc1ccccc1F)C(=O)c1ccccc1S2=O. The summed E-state index contributed by atoms with van der Waals surface area (Å²) in [6.45, 7) is 4.79. The normalized spacial score (nSPS) is 14.9. The Balaban J connectivity index is 1.68. The van der Waals surface area contributed by atoms with Gasteiger partial charge in [-0.2, -0.15) is 0 Å². The molecule has 0 radical (unpaired) electrons. The summed E-state index contributed by atoms with van der Waals surface area (Å²) >= 11 is 0. The molecular weight excluding hydrogens is 467 g/mol. The van der Waals surface area contributed by atoms with Crippen LogP contribution in [-0.2, 0) is 22.1 Å². The van der Waals surface area contributed by atoms with Crippen molar-refractivity contribution < 1.29 is 22.9 Å². The fraction of sp³-hybridized carbons (Fsp3) is 0.259. The van der Waals surface area contributed by atoms with Crippen LogP contribution in [-0.4, -0.2) is 35.3 Å². The lowest BCUT2D eigenvalue weighted by Gasteiger charge is -2.24. The molecule has 3 aromatic rings. The zero-order valence-corrected chi connectivity index (χ0v) is 20.4. The van der Waals surface area contributed by atoms with Crippen LogP contribution in [0.15, 0.2) is 76.5 Å². The molecule has 35 heavy (non-hydrogen) atoms. The van der Waals surface area contributed by atoms with Crippen molar-refractivity contribution in [3.05, 3.63) is 89.2 Å². The third-order valence-electron chi connectivity index (χ3n) is 5.62. The van der Waals surface area contributed by atoms with E-state index in [1.807, 2.05) is 13.8 Å². The number of amides is 2. The van der Waals surface area contributed by atoms with Crippen molar-refractivity contribution in [2.24, 2.45) is 0 Å². The Bertz CT molecular complexity index is 1280. The van der Waals surface area contributed by atoms with Crippen molar-refractivity contribution in [1.29, 1.82) is 0 Å². The summed E-state index contributed by atoms with van der Waals surface area (Å²) in [5, 5.41) is 2.85. The number of rotatable bonds is 8. The van der Waals surface area contributed by atoms with E-state index in [-0.39, 0.29) is 24.1 Å². The highest BCUT2D eigenvalue weighted by Gasteiger charge is 2.32. The number of nitrogens with zero attached hydrogens (tertiary/aromatic N) is 1. The molecule has 0 saturated carbocycles. The molecular formula is C27H27FN2O4S. The van der Waals surface area contributed by atoms with Gasteiger partial charge in [-0.1, -0.05) is 30.3 Å². The lowest BCUT2D eigenvalue weighted by Crippen LogP contribution is -2.31. The number of hydrogen-bond donors (Lipinski definition) is 1. The van der Waals surface area contributed by atoms with Gasteiger partial charge in [0, 0.05) is 24.3 Å². The number of carbonyl (C=O) groups is 2. The van der Waals surface area contributed by atoms with Gasteiger partial charge < -0.3 is 15.0 Å². The smallest absolute Gasteiger partial charge is 0.259 e. The second-order valence-corrected chi connectivity index (χ2v) is 9.88. The van der Waals surface area contributed by atoms with Gasteiger partial charge in [0.15, 0.2) is 0 Å². The summed E-state index contributed by atoms with van der Waals surface area (Å²) in [6, 6.07) is 17.6. The van der Waals surface area contributed by atoms with E-state index in [9.17, 15) is 18.2 Å². The number of hydrogen-bond acceptors (Lipinski definition) is 4. The Kier molecular flexibility index (Phi) is 7.73. The molecule has 0 aromatic heterocycles. The molecule has 0 bridgehead atoms. The van der Waals surface area contributed by atoms with Crippen molar-refractivity contribution in [3.8, 4) is 0 Å². The van der Waals surface area contributed by atoms with Crippen LogP contribution < -0.4 is 10.2 Å². The summed E-state index contributed by atoms with van der Waals surface area (Å²) in [6.07, 6.45) is 0.782. The van der Waals surface area contributed by atoms with Crippen LogP contribution in [0.2, 0.25) is 0 Å². The van der Waals surface area contributed by atoms with Crippen LogP contribution in [0.1, 0.15) is 46.5 Å². The zero-order valence-electron chi connectivity index (χ0n) is 19.6. The molecule has 0 aliphatic carbocycles. The Morgan fingerprint density at radius 2 is 1.80 bits per heavy atom. The first-order valence-electron chi connectivity index (χ1n) is 11.5. The highest BCUT2D eigenvalue weighted by atomic mass is 32.2. The van der Waals surface area contributed by atoms with E-state index >= 15 is 0 Å². The zero-order chi connectivity index (χ0) is 24.9. The minimum Gasteiger partial charge on any atom is -0.379 e. The number of ether oxygens (including phenoxy) is 1. The van der Waals surface area contributed by atoms with Gasteiger partial charge in [-0.05, 0) is 56.7 Å². The van der Waals surface area contributed by atoms with Crippen LogP contribution in [0.5, 0.6) is 0 Å². The van der Waals surface area contributed by atoms with E-state index in [0.29, 0.717) is 46.2 Å². The predicted molar refractivity (Wildman–Crippen MR) is 133 cm³/mol. The van der Waals surface area contributed by atoms with E-state index < -0.39 is 22.5 Å². The Labute approximate surface area is 206 Å². The Morgan fingerprint density at radius 1 is 1.06 bits per heavy atom. The van der Waals surface area contributed by atoms with Crippen LogP contribution in [0, 0.1) is 5.82 Å². The topological polar surface area (TPSA) is 75.7 Å². The van der Waals surface area contributed by atoms with Gasteiger partial charge in [-0.3, -0.25) is 9.59 Å². The minimum atomic E-state index is -1.65. The Hall–Kier alpha value is -3.36. The second kappa shape index (κ2) is 10.9. The van der Waals surface area contributed by atoms with Crippen molar-refractivity contribution in [2.75, 3.05) is 18.1 Å². The first kappa shape index (κ1) is 24.8. The molecule has 1 unspecified atom stereocenters. The number of carbonyl (C=O) groups excluding carboxylic acids is 2. The largest absolute Gasteiger partial charge is 0.379 e. The molecule has 3 aromatic carbocycles. The number of benzene rings is 3. The molecule has 0 saturated heterocycles. The Morgan fingerprint density at radius 3 is 2.57 bits per heavy atom. The number of anilines is 1. The first-order valence-corrected chi connectivity index (χ1v) is 12.6. The predicted octanol–water partition coefficient (Wildman–Crippen LogP) is 4.70. The van der Waals surface area contributed by atoms with Crippen LogP contribution in [0.25, 0.3) is 0 Å². The molecule has 4 rings (SSSR count). The molecule has 1 aliphatic rings. The molecule has 182 valence electrons. The second-order valence-electron chi connectivity index (χ2n) is 8.46. The van der Waals surface area contributed by atoms with Gasteiger partial charge >= 0.3 is 0 Å². The van der Waals surface area contributed by atoms with Crippen molar-refractivity contribution in [3.63, 3.8) is 0 Å².